The summed E-state index contributed by atoms with van der Waals surface area (Å²) in [6.07, 6.45) is -2.74. The van der Waals surface area contributed by atoms with Crippen molar-refractivity contribution in [2.45, 2.75) is 26.1 Å². The molecule has 7 heteroatoms. The maximum Gasteiger partial charge on any atom is 0.416 e. The predicted octanol–water partition coefficient (Wildman–Crippen LogP) is 5.89. The Bertz CT molecular complexity index is 1290. The summed E-state index contributed by atoms with van der Waals surface area (Å²) in [5.74, 6) is 6.93. The van der Waals surface area contributed by atoms with E-state index in [-0.39, 0.29) is 0 Å². The van der Waals surface area contributed by atoms with Crippen molar-refractivity contribution in [1.29, 1.82) is 0 Å². The number of benzene rings is 2. The van der Waals surface area contributed by atoms with Gasteiger partial charge in [0.25, 0.3) is 0 Å². The van der Waals surface area contributed by atoms with Crippen LogP contribution in [0.1, 0.15) is 30.7 Å². The highest BCUT2D eigenvalue weighted by Gasteiger charge is 2.29. The Labute approximate surface area is 184 Å². The molecule has 1 N–H and O–H groups in total. The van der Waals surface area contributed by atoms with Crippen LogP contribution in [0.2, 0.25) is 0 Å². The molecule has 2 aromatic carbocycles. The second-order valence-corrected chi connectivity index (χ2v) is 7.75. The molecular formula is C25H21F3N4. The summed E-state index contributed by atoms with van der Waals surface area (Å²) >= 11 is 0. The van der Waals surface area contributed by atoms with Crippen LogP contribution in [0.3, 0.4) is 0 Å². The van der Waals surface area contributed by atoms with E-state index in [4.69, 9.17) is 0 Å². The van der Waals surface area contributed by atoms with Gasteiger partial charge in [0, 0.05) is 30.4 Å². The molecule has 0 saturated carbocycles. The number of nitrogens with zero attached hydrogens (tertiary/aromatic N) is 3. The first-order chi connectivity index (χ1) is 15.2. The molecule has 0 bridgehead atoms. The third-order valence-electron chi connectivity index (χ3n) is 5.22. The number of alkyl halides is 3. The highest BCUT2D eigenvalue weighted by Crippen LogP contribution is 2.30. The maximum absolute atomic E-state index is 12.7. The van der Waals surface area contributed by atoms with E-state index in [0.29, 0.717) is 17.3 Å². The number of hydrogen-bond acceptors (Lipinski definition) is 3. The second kappa shape index (κ2) is 8.39. The monoisotopic (exact) mass is 434 g/mol. The minimum absolute atomic E-state index is 0.325. The third-order valence-corrected chi connectivity index (χ3v) is 5.22. The van der Waals surface area contributed by atoms with Gasteiger partial charge in [-0.1, -0.05) is 24.1 Å². The highest BCUT2D eigenvalue weighted by atomic mass is 19.4. The second-order valence-electron chi connectivity index (χ2n) is 7.75. The molecule has 4 nitrogen and oxygen atoms in total. The van der Waals surface area contributed by atoms with Crippen LogP contribution in [-0.2, 0) is 6.18 Å². The molecule has 0 aliphatic rings. The number of aromatic amines is 1. The average Bonchev–Trinajstić information content (AvgIpc) is 3.20. The number of H-pyrrole nitrogens is 1. The zero-order chi connectivity index (χ0) is 22.9. The Kier molecular flexibility index (Phi) is 5.62. The van der Waals surface area contributed by atoms with Crippen LogP contribution in [0, 0.1) is 11.8 Å². The lowest BCUT2D eigenvalue weighted by Gasteiger charge is -2.19. The number of imidazole rings is 1. The van der Waals surface area contributed by atoms with Gasteiger partial charge in [-0.15, -0.1) is 0 Å². The van der Waals surface area contributed by atoms with Crippen molar-refractivity contribution in [1.82, 2.24) is 15.0 Å². The van der Waals surface area contributed by atoms with Crippen molar-refractivity contribution in [3.63, 3.8) is 0 Å². The van der Waals surface area contributed by atoms with E-state index in [1.807, 2.05) is 25.2 Å². The van der Waals surface area contributed by atoms with Gasteiger partial charge in [-0.3, -0.25) is 0 Å². The van der Waals surface area contributed by atoms with Crippen LogP contribution < -0.4 is 4.90 Å². The maximum atomic E-state index is 12.7. The number of nitrogens with one attached hydrogen (secondary N) is 1. The van der Waals surface area contributed by atoms with E-state index in [1.54, 1.807) is 18.3 Å². The van der Waals surface area contributed by atoms with E-state index < -0.39 is 11.7 Å². The third kappa shape index (κ3) is 4.59. The summed E-state index contributed by atoms with van der Waals surface area (Å²) in [7, 11) is 1.99. The molecule has 32 heavy (non-hydrogen) atoms. The molecule has 0 atom stereocenters. The first kappa shape index (κ1) is 21.4. The number of anilines is 1. The first-order valence-electron chi connectivity index (χ1n) is 10.1. The fourth-order valence-corrected chi connectivity index (χ4v) is 3.11. The topological polar surface area (TPSA) is 44.8 Å². The van der Waals surface area contributed by atoms with Crippen molar-refractivity contribution in [2.75, 3.05) is 11.9 Å². The zero-order valence-electron chi connectivity index (χ0n) is 17.8. The van der Waals surface area contributed by atoms with Crippen molar-refractivity contribution in [3.8, 4) is 23.0 Å². The minimum Gasteiger partial charge on any atom is -0.343 e. The molecule has 4 aromatic rings. The van der Waals surface area contributed by atoms with Crippen molar-refractivity contribution < 1.29 is 13.2 Å². The van der Waals surface area contributed by atoms with Crippen LogP contribution in [-0.4, -0.2) is 28.0 Å². The van der Waals surface area contributed by atoms with Crippen molar-refractivity contribution in [3.05, 3.63) is 77.6 Å². The molecule has 0 aliphatic carbocycles. The molecule has 0 amide bonds. The number of pyridine rings is 1. The molecular weight excluding hydrogens is 413 g/mol. The van der Waals surface area contributed by atoms with Crippen molar-refractivity contribution >= 4 is 17.0 Å². The van der Waals surface area contributed by atoms with E-state index in [2.05, 4.69) is 45.5 Å². The molecule has 2 aromatic heterocycles. The van der Waals surface area contributed by atoms with E-state index in [1.165, 1.54) is 12.1 Å². The standard InChI is InChI=1S/C25H21F3N4/c1-16(2)32(3)24-30-22-13-5-17(14-23(22)31-24)4-11-21-12-8-19(15-29-21)18-6-9-20(10-7-18)25(26,27)28/h5-10,12-16H,1-3H3,(H,30,31). The zero-order valence-corrected chi connectivity index (χ0v) is 17.8. The Balaban J connectivity index is 1.52. The number of rotatable bonds is 3. The first-order valence-corrected chi connectivity index (χ1v) is 10.1. The normalized spacial score (nSPS) is 11.5. The van der Waals surface area contributed by atoms with Gasteiger partial charge in [-0.25, -0.2) is 9.97 Å². The molecule has 2 heterocycles. The van der Waals surface area contributed by atoms with E-state index >= 15 is 0 Å². The summed E-state index contributed by atoms with van der Waals surface area (Å²) < 4.78 is 38.2. The smallest absolute Gasteiger partial charge is 0.343 e. The Morgan fingerprint density at radius 2 is 1.66 bits per heavy atom. The quantitative estimate of drug-likeness (QED) is 0.409. The molecule has 0 saturated heterocycles. The molecule has 0 spiro atoms. The fourth-order valence-electron chi connectivity index (χ4n) is 3.11. The van der Waals surface area contributed by atoms with Gasteiger partial charge in [-0.2, -0.15) is 13.2 Å². The van der Waals surface area contributed by atoms with Gasteiger partial charge >= 0.3 is 6.18 Å². The molecule has 162 valence electrons. The lowest BCUT2D eigenvalue weighted by molar-refractivity contribution is -0.137. The fraction of sp³-hybridized carbons (Fsp3) is 0.200. The summed E-state index contributed by atoms with van der Waals surface area (Å²) in [6.45, 7) is 4.19. The number of hydrogen-bond donors (Lipinski definition) is 1. The number of fused-ring (bicyclic) bond motifs is 1. The highest BCUT2D eigenvalue weighted by molar-refractivity contribution is 5.79. The molecule has 4 rings (SSSR count). The summed E-state index contributed by atoms with van der Waals surface area (Å²) in [6, 6.07) is 14.7. The minimum atomic E-state index is -4.35. The molecule has 0 fully saturated rings. The lowest BCUT2D eigenvalue weighted by atomic mass is 10.1. The van der Waals surface area contributed by atoms with E-state index in [0.717, 1.165) is 40.2 Å². The summed E-state index contributed by atoms with van der Waals surface area (Å²) in [4.78, 5) is 14.3. The summed E-state index contributed by atoms with van der Waals surface area (Å²) in [5, 5.41) is 0. The van der Waals surface area contributed by atoms with Gasteiger partial charge in [0.1, 0.15) is 5.69 Å². The van der Waals surface area contributed by atoms with Crippen LogP contribution in [0.5, 0.6) is 0 Å². The van der Waals surface area contributed by atoms with Gasteiger partial charge in [0.2, 0.25) is 5.95 Å². The van der Waals surface area contributed by atoms with Gasteiger partial charge in [0.15, 0.2) is 0 Å². The lowest BCUT2D eigenvalue weighted by Crippen LogP contribution is -2.26. The molecule has 0 radical (unpaired) electrons. The molecule has 0 aliphatic heterocycles. The average molecular weight is 434 g/mol. The Morgan fingerprint density at radius 3 is 2.28 bits per heavy atom. The predicted molar refractivity (Wildman–Crippen MR) is 120 cm³/mol. The van der Waals surface area contributed by atoms with Gasteiger partial charge in [-0.05, 0) is 61.7 Å². The number of halogens is 3. The summed E-state index contributed by atoms with van der Waals surface area (Å²) in [5.41, 5.74) is 3.90. The van der Waals surface area contributed by atoms with E-state index in [9.17, 15) is 13.2 Å². The SMILES string of the molecule is CC(C)N(C)c1nc2ccc(C#Cc3ccc(-c4ccc(C(F)(F)F)cc4)cn3)cc2[nH]1. The van der Waals surface area contributed by atoms with Crippen LogP contribution in [0.25, 0.3) is 22.2 Å². The van der Waals surface area contributed by atoms with Gasteiger partial charge in [0.05, 0.1) is 16.6 Å². The largest absolute Gasteiger partial charge is 0.416 e. The Morgan fingerprint density at radius 1 is 0.938 bits per heavy atom. The van der Waals surface area contributed by atoms with Crippen LogP contribution in [0.15, 0.2) is 60.8 Å². The Hall–Kier alpha value is -3.79. The number of aromatic nitrogens is 3. The van der Waals surface area contributed by atoms with Crippen LogP contribution >= 0.6 is 0 Å². The molecule has 0 unspecified atom stereocenters. The van der Waals surface area contributed by atoms with Crippen LogP contribution in [0.4, 0.5) is 19.1 Å². The van der Waals surface area contributed by atoms with Gasteiger partial charge < -0.3 is 9.88 Å². The van der Waals surface area contributed by atoms with Crippen molar-refractivity contribution in [2.24, 2.45) is 0 Å².